The molecule has 0 saturated carbocycles. The molecule has 1 N–H and O–H groups in total. The second kappa shape index (κ2) is 6.61. The Kier molecular flexibility index (Phi) is 4.69. The van der Waals surface area contributed by atoms with Crippen LogP contribution < -0.4 is 0 Å². The van der Waals surface area contributed by atoms with Crippen molar-refractivity contribution < 1.29 is 17.9 Å². The van der Waals surface area contributed by atoms with Gasteiger partial charge in [-0.25, -0.2) is 12.8 Å². The van der Waals surface area contributed by atoms with Crippen molar-refractivity contribution >= 4 is 21.4 Å². The number of sulfonamides is 1. The largest absolute Gasteiger partial charge is 0.396 e. The van der Waals surface area contributed by atoms with E-state index in [0.29, 0.717) is 0 Å². The van der Waals surface area contributed by atoms with Crippen molar-refractivity contribution in [3.05, 3.63) is 52.0 Å². The summed E-state index contributed by atoms with van der Waals surface area (Å²) in [5, 5.41) is 22.5. The average Bonchev–Trinajstić information content (AvgIpc) is 3.23. The molecule has 0 bridgehead atoms. The van der Waals surface area contributed by atoms with E-state index >= 15 is 0 Å². The van der Waals surface area contributed by atoms with Gasteiger partial charge in [-0.1, -0.05) is 6.07 Å². The maximum absolute atomic E-state index is 13.8. The molecule has 5 nitrogen and oxygen atoms in total. The molecule has 0 unspecified atom stereocenters. The van der Waals surface area contributed by atoms with Gasteiger partial charge in [-0.15, -0.1) is 0 Å². The second-order valence-corrected chi connectivity index (χ2v) is 8.34. The minimum absolute atomic E-state index is 0.116. The Balaban J connectivity index is 1.97. The Hall–Kier alpha value is -1.79. The van der Waals surface area contributed by atoms with Gasteiger partial charge in [-0.05, 0) is 34.5 Å². The monoisotopic (exact) mass is 366 g/mol. The van der Waals surface area contributed by atoms with Crippen LogP contribution in [0.5, 0.6) is 0 Å². The SMILES string of the molecule is N#Cc1c(F)cccc1S(=O)(=O)N1C[C@@H](CO)[C@H](c2ccsc2)C1. The lowest BCUT2D eigenvalue weighted by molar-refractivity contribution is 0.223. The molecule has 1 saturated heterocycles. The summed E-state index contributed by atoms with van der Waals surface area (Å²) < 4.78 is 40.7. The third-order valence-corrected chi connectivity index (χ3v) is 6.89. The maximum Gasteiger partial charge on any atom is 0.244 e. The van der Waals surface area contributed by atoms with E-state index in [1.165, 1.54) is 27.8 Å². The summed E-state index contributed by atoms with van der Waals surface area (Å²) in [5.74, 6) is -1.20. The maximum atomic E-state index is 13.8. The van der Waals surface area contributed by atoms with Crippen LogP contribution in [0, 0.1) is 23.1 Å². The molecule has 1 aromatic carbocycles. The highest BCUT2D eigenvalue weighted by Crippen LogP contribution is 2.36. The van der Waals surface area contributed by atoms with Crippen molar-refractivity contribution in [3.63, 3.8) is 0 Å². The normalized spacial score (nSPS) is 21.7. The Morgan fingerprint density at radius 2 is 2.17 bits per heavy atom. The van der Waals surface area contributed by atoms with Gasteiger partial charge in [-0.2, -0.15) is 20.9 Å². The lowest BCUT2D eigenvalue weighted by Crippen LogP contribution is -2.30. The first kappa shape index (κ1) is 17.0. The molecular formula is C16H15FN2O3S2. The first-order valence-electron chi connectivity index (χ1n) is 7.30. The summed E-state index contributed by atoms with van der Waals surface area (Å²) in [5.41, 5.74) is 0.508. The van der Waals surface area contributed by atoms with Crippen LogP contribution in [0.15, 0.2) is 39.9 Å². The van der Waals surface area contributed by atoms with Crippen LogP contribution in [0.2, 0.25) is 0 Å². The molecule has 24 heavy (non-hydrogen) atoms. The van der Waals surface area contributed by atoms with Gasteiger partial charge < -0.3 is 5.11 Å². The van der Waals surface area contributed by atoms with Crippen molar-refractivity contribution in [2.45, 2.75) is 10.8 Å². The number of hydrogen-bond donors (Lipinski definition) is 1. The van der Waals surface area contributed by atoms with Crippen LogP contribution >= 0.6 is 11.3 Å². The number of nitrogens with zero attached hydrogens (tertiary/aromatic N) is 2. The molecule has 0 spiro atoms. The molecule has 2 heterocycles. The average molecular weight is 366 g/mol. The summed E-state index contributed by atoms with van der Waals surface area (Å²) in [6, 6.07) is 7.12. The molecule has 1 aliphatic heterocycles. The second-order valence-electron chi connectivity index (χ2n) is 5.65. The van der Waals surface area contributed by atoms with Crippen LogP contribution in [-0.4, -0.2) is 37.5 Å². The Bertz CT molecular complexity index is 875. The number of benzene rings is 1. The van der Waals surface area contributed by atoms with E-state index in [9.17, 15) is 17.9 Å². The molecule has 2 atom stereocenters. The van der Waals surface area contributed by atoms with Crippen LogP contribution in [0.25, 0.3) is 0 Å². The number of aliphatic hydroxyl groups excluding tert-OH is 1. The third-order valence-electron chi connectivity index (χ3n) is 4.32. The minimum Gasteiger partial charge on any atom is -0.396 e. The van der Waals surface area contributed by atoms with Gasteiger partial charge in [0.25, 0.3) is 0 Å². The molecule has 1 aliphatic rings. The Morgan fingerprint density at radius 3 is 2.79 bits per heavy atom. The predicted molar refractivity (Wildman–Crippen MR) is 87.5 cm³/mol. The van der Waals surface area contributed by atoms with Gasteiger partial charge in [0, 0.05) is 31.5 Å². The molecule has 2 aromatic rings. The van der Waals surface area contributed by atoms with Crippen LogP contribution in [0.1, 0.15) is 17.0 Å². The van der Waals surface area contributed by atoms with E-state index in [1.54, 1.807) is 6.07 Å². The summed E-state index contributed by atoms with van der Waals surface area (Å²) in [4.78, 5) is -0.326. The highest BCUT2D eigenvalue weighted by Gasteiger charge is 2.40. The van der Waals surface area contributed by atoms with Gasteiger partial charge in [0.2, 0.25) is 10.0 Å². The minimum atomic E-state index is -4.01. The number of aliphatic hydroxyl groups is 1. The van der Waals surface area contributed by atoms with Crippen molar-refractivity contribution in [3.8, 4) is 6.07 Å². The van der Waals surface area contributed by atoms with Gasteiger partial charge in [0.05, 0.1) is 0 Å². The number of thiophene rings is 1. The molecule has 1 fully saturated rings. The lowest BCUT2D eigenvalue weighted by Gasteiger charge is -2.17. The van der Waals surface area contributed by atoms with Gasteiger partial charge in [0.15, 0.2) is 0 Å². The zero-order chi connectivity index (χ0) is 17.3. The van der Waals surface area contributed by atoms with Gasteiger partial charge >= 0.3 is 0 Å². The number of halogens is 1. The van der Waals surface area contributed by atoms with Crippen LogP contribution in [0.3, 0.4) is 0 Å². The first-order chi connectivity index (χ1) is 11.5. The van der Waals surface area contributed by atoms with Crippen LogP contribution in [0.4, 0.5) is 4.39 Å². The molecule has 1 aromatic heterocycles. The molecule has 0 amide bonds. The predicted octanol–water partition coefficient (Wildman–Crippen LogP) is 2.16. The van der Waals surface area contributed by atoms with E-state index in [4.69, 9.17) is 5.26 Å². The summed E-state index contributed by atoms with van der Waals surface area (Å²) in [6.45, 7) is 0.202. The molecule has 3 rings (SSSR count). The van der Waals surface area contributed by atoms with E-state index in [0.717, 1.165) is 11.6 Å². The molecule has 0 radical (unpaired) electrons. The Morgan fingerprint density at radius 1 is 1.38 bits per heavy atom. The highest BCUT2D eigenvalue weighted by atomic mass is 32.2. The molecular weight excluding hydrogens is 351 g/mol. The molecule has 126 valence electrons. The highest BCUT2D eigenvalue weighted by molar-refractivity contribution is 7.89. The molecule has 8 heteroatoms. The number of hydrogen-bond acceptors (Lipinski definition) is 5. The van der Waals surface area contributed by atoms with Gasteiger partial charge in [0.1, 0.15) is 22.3 Å². The third kappa shape index (κ3) is 2.84. The van der Waals surface area contributed by atoms with E-state index < -0.39 is 21.4 Å². The lowest BCUT2D eigenvalue weighted by atomic mass is 9.92. The van der Waals surface area contributed by atoms with Crippen molar-refractivity contribution in [2.75, 3.05) is 19.7 Å². The fourth-order valence-corrected chi connectivity index (χ4v) is 5.44. The van der Waals surface area contributed by atoms with E-state index in [2.05, 4.69) is 0 Å². The van der Waals surface area contributed by atoms with E-state index in [-0.39, 0.29) is 36.4 Å². The summed E-state index contributed by atoms with van der Waals surface area (Å²) >= 11 is 1.51. The molecule has 0 aliphatic carbocycles. The Labute approximate surface area is 143 Å². The topological polar surface area (TPSA) is 81.4 Å². The number of nitriles is 1. The smallest absolute Gasteiger partial charge is 0.244 e. The number of rotatable bonds is 4. The summed E-state index contributed by atoms with van der Waals surface area (Å²) in [7, 11) is -4.01. The first-order valence-corrected chi connectivity index (χ1v) is 9.69. The standard InChI is InChI=1S/C16H15FN2O3S2/c17-15-2-1-3-16(13(15)6-18)24(21,22)19-7-12(9-20)14(8-19)11-4-5-23-10-11/h1-5,10,12,14,20H,7-9H2/t12-,14-/m0/s1. The fourth-order valence-electron chi connectivity index (χ4n) is 3.04. The van der Waals surface area contributed by atoms with Crippen molar-refractivity contribution in [2.24, 2.45) is 5.92 Å². The fraction of sp³-hybridized carbons (Fsp3) is 0.312. The van der Waals surface area contributed by atoms with Crippen molar-refractivity contribution in [1.82, 2.24) is 4.31 Å². The van der Waals surface area contributed by atoms with E-state index in [1.807, 2.05) is 16.8 Å². The van der Waals surface area contributed by atoms with Crippen molar-refractivity contribution in [1.29, 1.82) is 5.26 Å². The summed E-state index contributed by atoms with van der Waals surface area (Å²) in [6.07, 6.45) is 0. The van der Waals surface area contributed by atoms with Gasteiger partial charge in [-0.3, -0.25) is 0 Å². The van der Waals surface area contributed by atoms with Crippen LogP contribution in [-0.2, 0) is 10.0 Å². The zero-order valence-corrected chi connectivity index (χ0v) is 14.2. The zero-order valence-electron chi connectivity index (χ0n) is 12.6. The quantitative estimate of drug-likeness (QED) is 0.899.